The topological polar surface area (TPSA) is 26.3 Å². The second kappa shape index (κ2) is 4.93. The van der Waals surface area contributed by atoms with Crippen LogP contribution in [0.15, 0.2) is 31.4 Å². The maximum atomic E-state index is 11.5. The lowest BCUT2D eigenvalue weighted by Crippen LogP contribution is -2.07. The maximum Gasteiger partial charge on any atom is 0.308 e. The lowest BCUT2D eigenvalue weighted by atomic mass is 9.94. The third kappa shape index (κ3) is 2.55. The second-order valence-corrected chi connectivity index (χ2v) is 5.87. The summed E-state index contributed by atoms with van der Waals surface area (Å²) >= 11 is 0. The molecule has 0 unspecified atom stereocenters. The van der Waals surface area contributed by atoms with E-state index < -0.39 is 0 Å². The highest BCUT2D eigenvalue weighted by atomic mass is 16.5. The normalized spacial score (nSPS) is 17.6. The Labute approximate surface area is 120 Å². The summed E-state index contributed by atoms with van der Waals surface area (Å²) in [4.78, 5) is 11.5. The van der Waals surface area contributed by atoms with Crippen molar-refractivity contribution < 1.29 is 9.53 Å². The van der Waals surface area contributed by atoms with Gasteiger partial charge < -0.3 is 4.74 Å². The molecule has 1 aromatic rings. The van der Waals surface area contributed by atoms with E-state index >= 15 is 0 Å². The van der Waals surface area contributed by atoms with E-state index in [9.17, 15) is 4.79 Å². The Balaban J connectivity index is 2.03. The Morgan fingerprint density at radius 3 is 1.85 bits per heavy atom. The van der Waals surface area contributed by atoms with Gasteiger partial charge in [-0.25, -0.2) is 0 Å². The van der Waals surface area contributed by atoms with Gasteiger partial charge in [-0.05, 0) is 48.7 Å². The summed E-state index contributed by atoms with van der Waals surface area (Å²) in [6.45, 7) is 9.83. The third-order valence-electron chi connectivity index (χ3n) is 4.09. The van der Waals surface area contributed by atoms with E-state index in [0.29, 0.717) is 17.6 Å². The molecule has 0 radical (unpaired) electrons. The fourth-order valence-corrected chi connectivity index (χ4v) is 2.60. The first-order valence-electron chi connectivity index (χ1n) is 7.27. The Bertz CT molecular complexity index is 547. The van der Waals surface area contributed by atoms with Crippen LogP contribution in [0.5, 0.6) is 5.75 Å². The molecule has 2 nitrogen and oxygen atoms in total. The number of hydrogen-bond donors (Lipinski definition) is 0. The van der Waals surface area contributed by atoms with Crippen molar-refractivity contribution in [3.63, 3.8) is 0 Å². The zero-order valence-corrected chi connectivity index (χ0v) is 11.9. The number of rotatable bonds is 5. The number of para-hydroxylation sites is 1. The van der Waals surface area contributed by atoms with Crippen molar-refractivity contribution in [3.05, 3.63) is 42.5 Å². The van der Waals surface area contributed by atoms with Crippen LogP contribution in [0.2, 0.25) is 0 Å². The Hall–Kier alpha value is -1.83. The van der Waals surface area contributed by atoms with Gasteiger partial charge >= 0.3 is 5.97 Å². The van der Waals surface area contributed by atoms with E-state index in [-0.39, 0.29) is 5.97 Å². The molecule has 2 aliphatic carbocycles. The Morgan fingerprint density at radius 2 is 1.50 bits per heavy atom. The van der Waals surface area contributed by atoms with E-state index in [1.807, 2.05) is 18.2 Å². The Morgan fingerprint density at radius 1 is 1.05 bits per heavy atom. The smallest absolute Gasteiger partial charge is 0.308 e. The minimum Gasteiger partial charge on any atom is -0.425 e. The van der Waals surface area contributed by atoms with Crippen LogP contribution in [-0.4, -0.2) is 5.97 Å². The number of allylic oxidation sites excluding steroid dienone is 2. The number of carbonyl (C=O) groups is 1. The van der Waals surface area contributed by atoms with Crippen molar-refractivity contribution in [1.29, 1.82) is 0 Å². The van der Waals surface area contributed by atoms with Crippen molar-refractivity contribution in [3.8, 4) is 5.75 Å². The molecule has 0 heterocycles. The van der Waals surface area contributed by atoms with Gasteiger partial charge in [0.1, 0.15) is 5.75 Å². The summed E-state index contributed by atoms with van der Waals surface area (Å²) in [6, 6.07) is 6.02. The van der Waals surface area contributed by atoms with Crippen molar-refractivity contribution in [2.45, 2.75) is 32.6 Å². The average Bonchev–Trinajstić information content (AvgIpc) is 3.30. The van der Waals surface area contributed by atoms with Gasteiger partial charge in [0.15, 0.2) is 0 Å². The van der Waals surface area contributed by atoms with Gasteiger partial charge in [0.25, 0.3) is 0 Å². The van der Waals surface area contributed by atoms with E-state index in [2.05, 4.69) is 13.2 Å². The van der Waals surface area contributed by atoms with Gasteiger partial charge in [-0.3, -0.25) is 4.79 Å². The van der Waals surface area contributed by atoms with Crippen LogP contribution in [-0.2, 0) is 4.79 Å². The lowest BCUT2D eigenvalue weighted by molar-refractivity contribution is -0.131. The number of esters is 1. The van der Waals surface area contributed by atoms with Gasteiger partial charge in [0, 0.05) is 18.1 Å². The first-order chi connectivity index (χ1) is 9.58. The first-order valence-corrected chi connectivity index (χ1v) is 7.27. The maximum absolute atomic E-state index is 11.5. The number of benzene rings is 1. The van der Waals surface area contributed by atoms with Crippen LogP contribution in [0.1, 0.15) is 43.7 Å². The molecule has 1 aromatic carbocycles. The van der Waals surface area contributed by atoms with Crippen molar-refractivity contribution in [1.82, 2.24) is 0 Å². The molecule has 2 saturated carbocycles. The second-order valence-electron chi connectivity index (χ2n) is 5.87. The lowest BCUT2D eigenvalue weighted by Gasteiger charge is -2.16. The van der Waals surface area contributed by atoms with Crippen molar-refractivity contribution >= 4 is 17.1 Å². The predicted molar refractivity (Wildman–Crippen MR) is 81.3 cm³/mol. The van der Waals surface area contributed by atoms with Crippen LogP contribution in [0, 0.1) is 11.8 Å². The van der Waals surface area contributed by atoms with E-state index in [4.69, 9.17) is 4.74 Å². The molecule has 0 aliphatic heterocycles. The quantitative estimate of drug-likeness (QED) is 0.582. The minimum absolute atomic E-state index is 0.286. The molecule has 0 saturated heterocycles. The summed E-state index contributed by atoms with van der Waals surface area (Å²) in [5.74, 6) is 1.47. The zero-order chi connectivity index (χ0) is 14.3. The van der Waals surface area contributed by atoms with Crippen molar-refractivity contribution in [2.75, 3.05) is 0 Å². The summed E-state index contributed by atoms with van der Waals surface area (Å²) < 4.78 is 5.51. The molecule has 0 spiro atoms. The molecule has 0 amide bonds. The summed E-state index contributed by atoms with van der Waals surface area (Å²) in [5, 5.41) is 0. The highest BCUT2D eigenvalue weighted by Crippen LogP contribution is 2.48. The molecule has 0 aromatic heterocycles. The Kier molecular flexibility index (Phi) is 3.25. The van der Waals surface area contributed by atoms with Crippen LogP contribution in [0.25, 0.3) is 11.1 Å². The van der Waals surface area contributed by atoms with Gasteiger partial charge in [-0.1, -0.05) is 31.4 Å². The monoisotopic (exact) mass is 268 g/mol. The highest BCUT2D eigenvalue weighted by molar-refractivity contribution is 5.83. The molecule has 104 valence electrons. The van der Waals surface area contributed by atoms with Crippen LogP contribution in [0.4, 0.5) is 0 Å². The van der Waals surface area contributed by atoms with Gasteiger partial charge in [0.05, 0.1) is 0 Å². The fourth-order valence-electron chi connectivity index (χ4n) is 2.60. The predicted octanol–water partition coefficient (Wildman–Crippen LogP) is 4.46. The molecule has 2 heteroatoms. The summed E-state index contributed by atoms with van der Waals surface area (Å²) in [6.07, 6.45) is 4.75. The standard InChI is InChI=1S/C18H20O2/c1-11(14-7-8-14)16-5-4-6-17(12(2)15-9-10-15)18(16)20-13(3)19/h4-6,14-15H,1-2,7-10H2,3H3. The molecule has 0 bridgehead atoms. The van der Waals surface area contributed by atoms with Crippen LogP contribution < -0.4 is 4.74 Å². The number of carbonyl (C=O) groups excluding carboxylic acids is 1. The highest BCUT2D eigenvalue weighted by Gasteiger charge is 2.31. The SMILES string of the molecule is C=C(c1cccc(C(=C)C2CC2)c1OC(C)=O)C1CC1. The molecule has 0 N–H and O–H groups in total. The summed E-state index contributed by atoms with van der Waals surface area (Å²) in [5.41, 5.74) is 4.13. The fraction of sp³-hybridized carbons (Fsp3) is 0.389. The molecule has 20 heavy (non-hydrogen) atoms. The molecule has 2 fully saturated rings. The molecule has 2 aliphatic rings. The molecular weight excluding hydrogens is 248 g/mol. The zero-order valence-electron chi connectivity index (χ0n) is 11.9. The average molecular weight is 268 g/mol. The van der Waals surface area contributed by atoms with E-state index in [0.717, 1.165) is 22.3 Å². The number of ether oxygens (including phenoxy) is 1. The van der Waals surface area contributed by atoms with Gasteiger partial charge in [-0.15, -0.1) is 0 Å². The van der Waals surface area contributed by atoms with E-state index in [1.54, 1.807) is 0 Å². The van der Waals surface area contributed by atoms with Crippen molar-refractivity contribution in [2.24, 2.45) is 11.8 Å². The third-order valence-corrected chi connectivity index (χ3v) is 4.09. The van der Waals surface area contributed by atoms with Gasteiger partial charge in [0.2, 0.25) is 0 Å². The largest absolute Gasteiger partial charge is 0.425 e. The molecule has 3 rings (SSSR count). The van der Waals surface area contributed by atoms with Crippen LogP contribution >= 0.6 is 0 Å². The first kappa shape index (κ1) is 13.2. The molecular formula is C18H20O2. The van der Waals surface area contributed by atoms with Crippen LogP contribution in [0.3, 0.4) is 0 Å². The summed E-state index contributed by atoms with van der Waals surface area (Å²) in [7, 11) is 0. The van der Waals surface area contributed by atoms with Gasteiger partial charge in [-0.2, -0.15) is 0 Å². The number of hydrogen-bond acceptors (Lipinski definition) is 2. The molecule has 0 atom stereocenters. The minimum atomic E-state index is -0.286. The van der Waals surface area contributed by atoms with E-state index in [1.165, 1.54) is 32.6 Å².